The minimum atomic E-state index is 0. The van der Waals surface area contributed by atoms with E-state index in [1.807, 2.05) is 227 Å². The first-order valence-electron chi connectivity index (χ1n) is 24.3. The molecular weight excluding hydrogens is 1310 g/mol. The standard InChI is InChI=1S/2C17H12N4.2C14H15NO.2Pt/c2*1-3-7-14(8-4-1)20-13-21(15-9-5-2-6-10-15)17-16(20)18-11-12-19-17;2*1-10(2)13-9-8-12(14(16)15-13)11-6-4-3-5-7-11;;/h2*1-9,11-13H;2*3-10H,1-2H3,(H,15,16);;/q2*-2;;;2*+2. The van der Waals surface area contributed by atoms with Crippen molar-refractivity contribution in [3.8, 4) is 34.0 Å². The van der Waals surface area contributed by atoms with Crippen LogP contribution in [0.4, 0.5) is 46.0 Å². The molecule has 6 heterocycles. The predicted molar refractivity (Wildman–Crippen MR) is 296 cm³/mol. The van der Waals surface area contributed by atoms with Crippen molar-refractivity contribution < 1.29 is 52.3 Å². The quantitative estimate of drug-likeness (QED) is 0.140. The van der Waals surface area contributed by atoms with E-state index in [2.05, 4.69) is 69.7 Å². The first-order chi connectivity index (χ1) is 36.2. The number of pyridine rings is 2. The van der Waals surface area contributed by atoms with Crippen LogP contribution in [0.15, 0.2) is 219 Å². The van der Waals surface area contributed by atoms with Crippen LogP contribution in [-0.2, 0) is 42.1 Å². The van der Waals surface area contributed by atoms with Gasteiger partial charge >= 0.3 is 42.1 Å². The van der Waals surface area contributed by atoms with E-state index in [1.165, 1.54) is 0 Å². The summed E-state index contributed by atoms with van der Waals surface area (Å²) in [5, 5.41) is 19.8. The number of aromatic hydroxyl groups is 2. The molecule has 0 saturated carbocycles. The van der Waals surface area contributed by atoms with Gasteiger partial charge in [-0.3, -0.25) is 0 Å². The number of para-hydroxylation sites is 4. The average molecular weight is 1360 g/mol. The van der Waals surface area contributed by atoms with Crippen LogP contribution in [0.2, 0.25) is 0 Å². The summed E-state index contributed by atoms with van der Waals surface area (Å²) in [6, 6.07) is 69.7. The fraction of sp³-hybridized carbons (Fsp3) is 0.0968. The maximum absolute atomic E-state index is 9.88. The second kappa shape index (κ2) is 27.0. The van der Waals surface area contributed by atoms with Gasteiger partial charge in [0.05, 0.1) is 0 Å². The Morgan fingerprint density at radius 2 is 0.697 bits per heavy atom. The molecule has 12 nitrogen and oxygen atoms in total. The maximum atomic E-state index is 9.88. The van der Waals surface area contributed by atoms with Crippen molar-refractivity contribution in [2.45, 2.75) is 39.5 Å². The smallest absolute Gasteiger partial charge is 0.493 e. The van der Waals surface area contributed by atoms with E-state index in [4.69, 9.17) is 0 Å². The number of aromatic nitrogens is 6. The molecule has 14 heteroatoms. The van der Waals surface area contributed by atoms with Crippen molar-refractivity contribution >= 4 is 46.0 Å². The molecule has 76 heavy (non-hydrogen) atoms. The third kappa shape index (κ3) is 13.4. The van der Waals surface area contributed by atoms with Crippen LogP contribution in [0, 0.1) is 25.5 Å². The van der Waals surface area contributed by atoms with Crippen molar-refractivity contribution in [2.75, 3.05) is 19.6 Å². The zero-order chi connectivity index (χ0) is 51.2. The minimum Gasteiger partial charge on any atom is -0.493 e. The molecule has 10 aromatic rings. The van der Waals surface area contributed by atoms with E-state index in [9.17, 15) is 10.2 Å². The second-order valence-electron chi connectivity index (χ2n) is 17.5. The fourth-order valence-electron chi connectivity index (χ4n) is 8.01. The number of fused-ring (bicyclic) bond motifs is 2. The van der Waals surface area contributed by atoms with Gasteiger partial charge in [0.1, 0.15) is 23.3 Å². The molecule has 0 aliphatic carbocycles. The second-order valence-corrected chi connectivity index (χ2v) is 17.5. The number of anilines is 8. The van der Waals surface area contributed by atoms with Crippen LogP contribution < -0.4 is 19.6 Å². The SMILES string of the molecule is CC(C)c1ccc(-c2ccccc2)c(O)n1.CC(C)c1ccc(-c2ccccc2)c(O)n1.[Pt+2].[Pt+2].[c-]1ccccc1N1[CH-]N(c2ccccc2)c2nccnc21.[c-]1ccccc1N1[CH-]N(c2ccccc2)c2nccnc21. The zero-order valence-corrected chi connectivity index (χ0v) is 46.6. The Bertz CT molecular complexity index is 3000. The van der Waals surface area contributed by atoms with Gasteiger partial charge in [-0.15, -0.1) is 24.7 Å². The van der Waals surface area contributed by atoms with E-state index in [-0.39, 0.29) is 53.9 Å². The van der Waals surface area contributed by atoms with Gasteiger partial charge in [0.25, 0.3) is 0 Å². The Morgan fingerprint density at radius 1 is 0.382 bits per heavy atom. The summed E-state index contributed by atoms with van der Waals surface area (Å²) in [7, 11) is 0. The molecule has 0 bridgehead atoms. The van der Waals surface area contributed by atoms with Gasteiger partial charge in [0.2, 0.25) is 11.8 Å². The van der Waals surface area contributed by atoms with Crippen LogP contribution in [-0.4, -0.2) is 40.1 Å². The maximum Gasteiger partial charge on any atom is 2.00 e. The average Bonchev–Trinajstić information content (AvgIpc) is 4.06. The monoisotopic (exact) mass is 1360 g/mol. The summed E-state index contributed by atoms with van der Waals surface area (Å²) in [6.07, 6.45) is 6.83. The zero-order valence-electron chi connectivity index (χ0n) is 42.1. The van der Waals surface area contributed by atoms with Crippen molar-refractivity contribution in [3.63, 3.8) is 0 Å². The van der Waals surface area contributed by atoms with Gasteiger partial charge in [0.15, 0.2) is 0 Å². The topological polar surface area (TPSA) is 131 Å². The molecule has 12 rings (SSSR count). The molecular formula is C62H54N10O2Pt2. The molecule has 0 radical (unpaired) electrons. The van der Waals surface area contributed by atoms with Gasteiger partial charge in [0, 0.05) is 58.7 Å². The van der Waals surface area contributed by atoms with Gasteiger partial charge in [-0.2, -0.15) is 60.7 Å². The van der Waals surface area contributed by atoms with E-state index < -0.39 is 0 Å². The van der Waals surface area contributed by atoms with Gasteiger partial charge in [-0.05, 0) is 71.5 Å². The van der Waals surface area contributed by atoms with E-state index in [1.54, 1.807) is 24.8 Å². The number of hydrogen-bond donors (Lipinski definition) is 2. The van der Waals surface area contributed by atoms with E-state index in [0.717, 1.165) is 79.7 Å². The Labute approximate surface area is 474 Å². The summed E-state index contributed by atoms with van der Waals surface area (Å²) >= 11 is 0. The minimum absolute atomic E-state index is 0. The van der Waals surface area contributed by atoms with Crippen molar-refractivity contribution in [1.82, 2.24) is 29.9 Å². The summed E-state index contributed by atoms with van der Waals surface area (Å²) in [5.41, 5.74) is 9.36. The van der Waals surface area contributed by atoms with Crippen molar-refractivity contribution in [2.24, 2.45) is 0 Å². The molecule has 0 amide bonds. The van der Waals surface area contributed by atoms with Gasteiger partial charge < -0.3 is 29.8 Å². The molecule has 0 fully saturated rings. The molecule has 2 N–H and O–H groups in total. The third-order valence-electron chi connectivity index (χ3n) is 11.8. The van der Waals surface area contributed by atoms with E-state index >= 15 is 0 Å². The third-order valence-corrected chi connectivity index (χ3v) is 11.8. The fourth-order valence-corrected chi connectivity index (χ4v) is 8.01. The Morgan fingerprint density at radius 3 is 1.00 bits per heavy atom. The van der Waals surface area contributed by atoms with Gasteiger partial charge in [-0.25, -0.2) is 29.9 Å². The van der Waals surface area contributed by atoms with Crippen LogP contribution in [0.1, 0.15) is 50.9 Å². The largest absolute Gasteiger partial charge is 2.00 e. The molecule has 384 valence electrons. The number of benzene rings is 6. The van der Waals surface area contributed by atoms with Crippen LogP contribution in [0.5, 0.6) is 11.8 Å². The van der Waals surface area contributed by atoms with Crippen molar-refractivity contribution in [3.05, 3.63) is 256 Å². The molecule has 6 aromatic carbocycles. The molecule has 2 aliphatic rings. The molecule has 0 spiro atoms. The normalized spacial score (nSPS) is 11.9. The van der Waals surface area contributed by atoms with Gasteiger partial charge in [-0.1, -0.05) is 125 Å². The number of hydrogen-bond acceptors (Lipinski definition) is 12. The van der Waals surface area contributed by atoms with Crippen molar-refractivity contribution in [1.29, 1.82) is 0 Å². The van der Waals surface area contributed by atoms with Crippen LogP contribution >= 0.6 is 0 Å². The molecule has 2 aliphatic heterocycles. The Balaban J connectivity index is 0.000000148. The molecule has 0 atom stereocenters. The predicted octanol–water partition coefficient (Wildman–Crippen LogP) is 14.5. The molecule has 0 saturated heterocycles. The van der Waals surface area contributed by atoms with Crippen LogP contribution in [0.25, 0.3) is 22.3 Å². The summed E-state index contributed by atoms with van der Waals surface area (Å²) in [4.78, 5) is 34.3. The summed E-state index contributed by atoms with van der Waals surface area (Å²) in [6.45, 7) is 12.2. The first kappa shape index (κ1) is 55.7. The summed E-state index contributed by atoms with van der Waals surface area (Å²) < 4.78 is 0. The Hall–Kier alpha value is -8.04. The summed E-state index contributed by atoms with van der Waals surface area (Å²) in [5.74, 6) is 4.13. The number of nitrogens with zero attached hydrogens (tertiary/aromatic N) is 10. The Kier molecular flexibility index (Phi) is 19.8. The molecule has 0 unspecified atom stereocenters. The molecule has 4 aromatic heterocycles. The van der Waals surface area contributed by atoms with E-state index in [0.29, 0.717) is 11.8 Å². The number of rotatable bonds is 8. The first-order valence-corrected chi connectivity index (χ1v) is 24.3. The van der Waals surface area contributed by atoms with Crippen LogP contribution in [0.3, 0.4) is 0 Å².